The van der Waals surface area contributed by atoms with Crippen LogP contribution < -0.4 is 21.3 Å². The smallest absolute Gasteiger partial charge is 0.408 e. The Bertz CT molecular complexity index is 2050. The average Bonchev–Trinajstić information content (AvgIpc) is 3.23. The van der Waals surface area contributed by atoms with E-state index in [1.807, 2.05) is 0 Å². The van der Waals surface area contributed by atoms with E-state index in [4.69, 9.17) is 37.3 Å². The fourth-order valence-corrected chi connectivity index (χ4v) is 8.65. The second kappa shape index (κ2) is 24.3. The summed E-state index contributed by atoms with van der Waals surface area (Å²) in [5.74, 6) is -1.82. The van der Waals surface area contributed by atoms with Crippen molar-refractivity contribution in [2.45, 2.75) is 203 Å². The number of nitrogens with one attached hydrogen (secondary N) is 4. The molecule has 4 amide bonds. The molecule has 2 heterocycles. The molecule has 1 aliphatic carbocycles. The average molecular weight is 1040 g/mol. The highest BCUT2D eigenvalue weighted by atomic mass is 32.2. The molecular weight excluding hydrogens is 965 g/mol. The number of ether oxygens (including phenoxy) is 7. The second-order valence-electron chi connectivity index (χ2n) is 20.9. The molecule has 4 rings (SSSR count). The summed E-state index contributed by atoms with van der Waals surface area (Å²) in [6, 6.07) is 2.61. The fraction of sp³-hybridized carbons (Fsp3) is 0.778. The van der Waals surface area contributed by atoms with E-state index >= 15 is 0 Å². The van der Waals surface area contributed by atoms with Crippen molar-refractivity contribution in [3.63, 3.8) is 0 Å². The van der Waals surface area contributed by atoms with Gasteiger partial charge in [0.15, 0.2) is 12.6 Å². The van der Waals surface area contributed by atoms with Gasteiger partial charge in [-0.2, -0.15) is 8.42 Å². The van der Waals surface area contributed by atoms with Crippen molar-refractivity contribution in [3.05, 3.63) is 29.8 Å². The van der Waals surface area contributed by atoms with Crippen molar-refractivity contribution in [2.24, 2.45) is 5.92 Å². The molecule has 2 aliphatic heterocycles. The Morgan fingerprint density at radius 2 is 1.20 bits per heavy atom. The largest absolute Gasteiger partial charge is 0.444 e. The molecule has 0 bridgehead atoms. The van der Waals surface area contributed by atoms with Crippen LogP contribution in [0.5, 0.6) is 0 Å². The van der Waals surface area contributed by atoms with E-state index in [0.717, 1.165) is 5.56 Å². The van der Waals surface area contributed by atoms with E-state index in [1.165, 1.54) is 24.3 Å². The first-order chi connectivity index (χ1) is 32.7. The first-order valence-electron chi connectivity index (χ1n) is 23.2. The third-order valence-electron chi connectivity index (χ3n) is 11.2. The van der Waals surface area contributed by atoms with Crippen LogP contribution in [0.4, 0.5) is 14.4 Å². The number of amides is 4. The normalized spacial score (nSPS) is 32.2. The van der Waals surface area contributed by atoms with E-state index in [1.54, 1.807) is 76.2 Å². The lowest BCUT2D eigenvalue weighted by molar-refractivity contribution is -0.336. The van der Waals surface area contributed by atoms with Gasteiger partial charge in [0.05, 0.1) is 29.7 Å². The van der Waals surface area contributed by atoms with Crippen LogP contribution in [-0.4, -0.2) is 197 Å². The maximum Gasteiger partial charge on any atom is 0.408 e. The fourth-order valence-electron chi connectivity index (χ4n) is 7.73. The molecule has 16 atom stereocenters. The van der Waals surface area contributed by atoms with Crippen molar-refractivity contribution in [1.82, 2.24) is 21.3 Å². The van der Waals surface area contributed by atoms with Crippen LogP contribution >= 0.6 is 0 Å². The number of benzene rings is 1. The summed E-state index contributed by atoms with van der Waals surface area (Å²) in [5.41, 5.74) is -2.03. The molecule has 3 fully saturated rings. The van der Waals surface area contributed by atoms with Gasteiger partial charge in [0.2, 0.25) is 5.91 Å². The highest BCUT2D eigenvalue weighted by Crippen LogP contribution is 2.36. The standard InChI is InChI=1S/C45H74N4O21S/c1-21-12-14-23(15-13-21)71(61,62)63-20-27-29(51)28(49-42(60)70-45(9,10)11)31(53)38(65-27)67-36-24(48-37(57)25(50)16-17-46-40(58)68-43(3,4)5)18-22(2)35(34(36)56)66-39-33(55)32(54)30(52)26(64-39)19-47-41(59)69-44(6,7)8/h12-15,22,24-36,38-39,50-56H,16-20H2,1-11H3,(H,46,58)(H,47,59)(H,48,57)(H,49,60)/t22?,24-,25+,26?,27?,28+,29-,30-,31?,32+,33?,34+,35-,36?,38-,39-/m1/s1. The van der Waals surface area contributed by atoms with Gasteiger partial charge in [-0.15, -0.1) is 0 Å². The van der Waals surface area contributed by atoms with E-state index in [9.17, 15) is 63.3 Å². The number of alkyl carbamates (subject to hydrolysis) is 3. The monoisotopic (exact) mass is 1040 g/mol. The Labute approximate surface area is 413 Å². The molecule has 1 saturated carbocycles. The Kier molecular flexibility index (Phi) is 20.4. The van der Waals surface area contributed by atoms with Crippen molar-refractivity contribution in [3.8, 4) is 0 Å². The minimum Gasteiger partial charge on any atom is -0.444 e. The summed E-state index contributed by atoms with van der Waals surface area (Å²) in [4.78, 5) is 51.1. The van der Waals surface area contributed by atoms with Crippen LogP contribution in [0.2, 0.25) is 0 Å². The zero-order valence-corrected chi connectivity index (χ0v) is 42.7. The Morgan fingerprint density at radius 1 is 0.676 bits per heavy atom. The molecule has 2 saturated heterocycles. The topological polar surface area (TPSA) is 366 Å². The molecule has 0 spiro atoms. The second-order valence-corrected chi connectivity index (χ2v) is 22.5. The van der Waals surface area contributed by atoms with Gasteiger partial charge in [-0.25, -0.2) is 14.4 Å². The quantitative estimate of drug-likeness (QED) is 0.0721. The molecular formula is C45H74N4O21S. The van der Waals surface area contributed by atoms with Gasteiger partial charge in [0.1, 0.15) is 77.8 Å². The van der Waals surface area contributed by atoms with E-state index < -0.39 is 162 Å². The highest BCUT2D eigenvalue weighted by Gasteiger charge is 2.54. The van der Waals surface area contributed by atoms with Gasteiger partial charge in [-0.1, -0.05) is 24.6 Å². The molecule has 26 heteroatoms. The van der Waals surface area contributed by atoms with Crippen LogP contribution in [0.25, 0.3) is 0 Å². The molecule has 1 aromatic rings. The Morgan fingerprint density at radius 3 is 1.77 bits per heavy atom. The number of aliphatic hydroxyl groups is 7. The SMILES string of the molecule is Cc1ccc(S(=O)(=O)OCC2O[C@H](OC3[C@@H](O)[C@H](O[C@H]4OC(CNC(=O)OC(C)(C)C)[C@@H](O)[C@H](O)C4O)C(C)C[C@H]3NC(=O)[C@@H](O)CCNC(=O)OC(C)(C)C)C(O)[C@@H](NC(=O)OC(C)(C)C)[C@@H]2O)cc1. The minimum atomic E-state index is -4.50. The minimum absolute atomic E-state index is 0.162. The molecule has 0 aromatic heterocycles. The summed E-state index contributed by atoms with van der Waals surface area (Å²) in [5, 5.41) is 88.8. The van der Waals surface area contributed by atoms with Crippen molar-refractivity contribution >= 4 is 34.3 Å². The maximum atomic E-state index is 13.6. The zero-order valence-electron chi connectivity index (χ0n) is 41.8. The summed E-state index contributed by atoms with van der Waals surface area (Å²) in [6.07, 6.45) is -26.5. The van der Waals surface area contributed by atoms with Gasteiger partial charge >= 0.3 is 18.3 Å². The van der Waals surface area contributed by atoms with E-state index in [-0.39, 0.29) is 24.3 Å². The third kappa shape index (κ3) is 17.6. The highest BCUT2D eigenvalue weighted by molar-refractivity contribution is 7.86. The number of rotatable bonds is 16. The summed E-state index contributed by atoms with van der Waals surface area (Å²) in [6.45, 7) is 16.2. The molecule has 71 heavy (non-hydrogen) atoms. The lowest BCUT2D eigenvalue weighted by atomic mass is 9.79. The summed E-state index contributed by atoms with van der Waals surface area (Å²) >= 11 is 0. The number of carbonyl (C=O) groups is 4. The summed E-state index contributed by atoms with van der Waals surface area (Å²) < 4.78 is 71.7. The van der Waals surface area contributed by atoms with Gasteiger partial charge in [0.25, 0.3) is 10.1 Å². The Hall–Kier alpha value is -4.03. The molecule has 25 nitrogen and oxygen atoms in total. The lowest BCUT2D eigenvalue weighted by Gasteiger charge is -2.49. The maximum absolute atomic E-state index is 13.6. The van der Waals surface area contributed by atoms with Crippen LogP contribution in [0.1, 0.15) is 87.6 Å². The molecule has 6 unspecified atom stereocenters. The Balaban J connectivity index is 1.66. The van der Waals surface area contributed by atoms with Gasteiger partial charge in [-0.05, 0) is 100 Å². The van der Waals surface area contributed by atoms with Crippen LogP contribution in [0, 0.1) is 12.8 Å². The lowest BCUT2D eigenvalue weighted by Crippen LogP contribution is -2.68. The molecule has 406 valence electrons. The number of aryl methyl sites for hydroxylation is 1. The van der Waals surface area contributed by atoms with E-state index in [0.29, 0.717) is 0 Å². The first kappa shape index (κ1) is 59.5. The number of hydrogen-bond acceptors (Lipinski definition) is 21. The van der Waals surface area contributed by atoms with E-state index in [2.05, 4.69) is 21.3 Å². The molecule has 3 aliphatic rings. The third-order valence-corrected chi connectivity index (χ3v) is 12.5. The number of aliphatic hydroxyl groups excluding tert-OH is 7. The predicted molar refractivity (Wildman–Crippen MR) is 245 cm³/mol. The molecule has 1 aromatic carbocycles. The molecule has 11 N–H and O–H groups in total. The summed E-state index contributed by atoms with van der Waals surface area (Å²) in [7, 11) is -4.50. The number of carbonyl (C=O) groups excluding carboxylic acids is 4. The van der Waals surface area contributed by atoms with Crippen LogP contribution in [0.3, 0.4) is 0 Å². The van der Waals surface area contributed by atoms with Gasteiger partial charge in [0, 0.05) is 13.1 Å². The van der Waals surface area contributed by atoms with Crippen molar-refractivity contribution < 1.29 is 101 Å². The van der Waals surface area contributed by atoms with Gasteiger partial charge < -0.3 is 90.2 Å². The van der Waals surface area contributed by atoms with Crippen LogP contribution in [0.15, 0.2) is 29.2 Å². The predicted octanol–water partition coefficient (Wildman–Crippen LogP) is -0.696. The van der Waals surface area contributed by atoms with Crippen molar-refractivity contribution in [2.75, 3.05) is 19.7 Å². The molecule has 0 radical (unpaired) electrons. The number of hydrogen-bond donors (Lipinski definition) is 11. The first-order valence-corrected chi connectivity index (χ1v) is 24.6. The van der Waals surface area contributed by atoms with Gasteiger partial charge in [-0.3, -0.25) is 8.98 Å². The zero-order chi connectivity index (χ0) is 53.6. The van der Waals surface area contributed by atoms with Crippen molar-refractivity contribution in [1.29, 1.82) is 0 Å². The van der Waals surface area contributed by atoms with Crippen LogP contribution in [-0.2, 0) is 52.3 Å².